The lowest BCUT2D eigenvalue weighted by molar-refractivity contribution is -0.145. The Morgan fingerprint density at radius 1 is 0.939 bits per heavy atom. The van der Waals surface area contributed by atoms with Crippen LogP contribution in [0.1, 0.15) is 24.4 Å². The molecule has 1 aromatic heterocycles. The fraction of sp³-hybridized carbons (Fsp3) is 0.292. The molecular formula is C24H22O9. The molecule has 0 saturated carbocycles. The van der Waals surface area contributed by atoms with Crippen LogP contribution in [0.5, 0.6) is 17.2 Å². The van der Waals surface area contributed by atoms with Crippen LogP contribution in [0.3, 0.4) is 0 Å². The van der Waals surface area contributed by atoms with E-state index in [1.54, 1.807) is 32.0 Å². The highest BCUT2D eigenvalue weighted by atomic mass is 16.6. The van der Waals surface area contributed by atoms with Crippen LogP contribution in [0.4, 0.5) is 0 Å². The van der Waals surface area contributed by atoms with Gasteiger partial charge in [0, 0.05) is 6.07 Å². The first-order valence-electron chi connectivity index (χ1n) is 10.5. The van der Waals surface area contributed by atoms with Crippen molar-refractivity contribution in [2.75, 3.05) is 33.0 Å². The molecule has 0 fully saturated rings. The normalized spacial score (nSPS) is 12.3. The third kappa shape index (κ3) is 4.62. The number of hydrogen-bond donors (Lipinski definition) is 0. The first-order valence-corrected chi connectivity index (χ1v) is 10.5. The summed E-state index contributed by atoms with van der Waals surface area (Å²) in [7, 11) is 0. The minimum atomic E-state index is -0.778. The molecule has 9 nitrogen and oxygen atoms in total. The Balaban J connectivity index is 1.80. The van der Waals surface area contributed by atoms with Crippen LogP contribution < -0.4 is 19.6 Å². The van der Waals surface area contributed by atoms with Gasteiger partial charge in [-0.2, -0.15) is 0 Å². The second-order valence-electron chi connectivity index (χ2n) is 6.97. The zero-order valence-corrected chi connectivity index (χ0v) is 18.2. The van der Waals surface area contributed by atoms with Crippen LogP contribution in [0, 0.1) is 0 Å². The van der Waals surface area contributed by atoms with Crippen LogP contribution in [0.15, 0.2) is 45.6 Å². The monoisotopic (exact) mass is 454 g/mol. The van der Waals surface area contributed by atoms with Crippen LogP contribution in [-0.2, 0) is 14.3 Å². The minimum Gasteiger partial charge on any atom is -0.486 e. The van der Waals surface area contributed by atoms with E-state index < -0.39 is 17.4 Å². The first kappa shape index (κ1) is 22.2. The molecule has 172 valence electrons. The minimum absolute atomic E-state index is 0.0538. The Morgan fingerprint density at radius 3 is 2.45 bits per heavy atom. The van der Waals surface area contributed by atoms with Gasteiger partial charge in [-0.05, 0) is 43.7 Å². The van der Waals surface area contributed by atoms with Crippen LogP contribution in [0.2, 0.25) is 0 Å². The van der Waals surface area contributed by atoms with Crippen molar-refractivity contribution in [1.29, 1.82) is 0 Å². The van der Waals surface area contributed by atoms with E-state index in [9.17, 15) is 14.4 Å². The predicted octanol–water partition coefficient (Wildman–Crippen LogP) is 3.35. The Labute approximate surface area is 188 Å². The number of esters is 2. The predicted molar refractivity (Wildman–Crippen MR) is 117 cm³/mol. The molecule has 0 saturated heterocycles. The number of carbonyl (C=O) groups is 2. The number of fused-ring (bicyclic) bond motifs is 2. The lowest BCUT2D eigenvalue weighted by atomic mass is 10.0. The van der Waals surface area contributed by atoms with Gasteiger partial charge >= 0.3 is 11.9 Å². The molecule has 33 heavy (non-hydrogen) atoms. The van der Waals surface area contributed by atoms with Crippen molar-refractivity contribution >= 4 is 22.9 Å². The molecule has 0 radical (unpaired) electrons. The van der Waals surface area contributed by atoms with Gasteiger partial charge in [-0.3, -0.25) is 4.79 Å². The number of rotatable bonds is 7. The number of benzene rings is 2. The summed E-state index contributed by atoms with van der Waals surface area (Å²) in [6.45, 7) is 4.19. The Bertz CT molecular complexity index is 1260. The number of hydrogen-bond acceptors (Lipinski definition) is 9. The van der Waals surface area contributed by atoms with Crippen molar-refractivity contribution in [3.8, 4) is 28.4 Å². The first-order chi connectivity index (χ1) is 16.0. The van der Waals surface area contributed by atoms with Crippen molar-refractivity contribution in [3.05, 3.63) is 52.4 Å². The van der Waals surface area contributed by atoms with Gasteiger partial charge in [0.05, 0.1) is 24.2 Å². The summed E-state index contributed by atoms with van der Waals surface area (Å²) in [5, 5.41) is 0.233. The zero-order valence-electron chi connectivity index (χ0n) is 18.2. The molecule has 0 aliphatic carbocycles. The van der Waals surface area contributed by atoms with Gasteiger partial charge in [-0.25, -0.2) is 9.59 Å². The maximum Gasteiger partial charge on any atom is 0.375 e. The molecule has 9 heteroatoms. The van der Waals surface area contributed by atoms with Gasteiger partial charge in [0.25, 0.3) is 0 Å². The van der Waals surface area contributed by atoms with Crippen LogP contribution >= 0.6 is 0 Å². The van der Waals surface area contributed by atoms with Gasteiger partial charge in [0.1, 0.15) is 24.5 Å². The molecule has 3 aromatic rings. The van der Waals surface area contributed by atoms with E-state index in [-0.39, 0.29) is 47.9 Å². The second kappa shape index (κ2) is 9.64. The molecule has 0 atom stereocenters. The highest BCUT2D eigenvalue weighted by Crippen LogP contribution is 2.35. The van der Waals surface area contributed by atoms with E-state index in [1.807, 2.05) is 0 Å². The van der Waals surface area contributed by atoms with Crippen molar-refractivity contribution in [1.82, 2.24) is 0 Å². The quantitative estimate of drug-likeness (QED) is 0.496. The van der Waals surface area contributed by atoms with Crippen molar-refractivity contribution < 1.29 is 37.7 Å². The van der Waals surface area contributed by atoms with E-state index in [0.29, 0.717) is 30.3 Å². The molecule has 1 aliphatic heterocycles. The van der Waals surface area contributed by atoms with Gasteiger partial charge < -0.3 is 28.1 Å². The highest BCUT2D eigenvalue weighted by molar-refractivity contribution is 5.98. The molecule has 4 rings (SSSR count). The van der Waals surface area contributed by atoms with Gasteiger partial charge in [0.15, 0.2) is 18.1 Å². The topological polar surface area (TPSA) is 110 Å². The second-order valence-corrected chi connectivity index (χ2v) is 6.97. The molecule has 2 aromatic carbocycles. The smallest absolute Gasteiger partial charge is 0.375 e. The summed E-state index contributed by atoms with van der Waals surface area (Å²) < 4.78 is 32.4. The van der Waals surface area contributed by atoms with Crippen LogP contribution in [0.25, 0.3) is 22.1 Å². The average molecular weight is 454 g/mol. The number of carbonyl (C=O) groups excluding carboxylic acids is 2. The van der Waals surface area contributed by atoms with E-state index in [1.165, 1.54) is 18.2 Å². The third-order valence-corrected chi connectivity index (χ3v) is 4.82. The van der Waals surface area contributed by atoms with Gasteiger partial charge in [0.2, 0.25) is 11.2 Å². The largest absolute Gasteiger partial charge is 0.486 e. The van der Waals surface area contributed by atoms with E-state index in [0.717, 1.165) is 0 Å². The molecule has 0 bridgehead atoms. The van der Waals surface area contributed by atoms with Gasteiger partial charge in [-0.15, -0.1) is 0 Å². The van der Waals surface area contributed by atoms with Crippen LogP contribution in [-0.4, -0.2) is 45.0 Å². The highest BCUT2D eigenvalue weighted by Gasteiger charge is 2.25. The summed E-state index contributed by atoms with van der Waals surface area (Å²) in [6.07, 6.45) is 0. The van der Waals surface area contributed by atoms with E-state index in [2.05, 4.69) is 0 Å². The van der Waals surface area contributed by atoms with Crippen molar-refractivity contribution in [2.24, 2.45) is 0 Å². The molecule has 0 unspecified atom stereocenters. The molecule has 2 heterocycles. The SMILES string of the molecule is CCOC(=O)COc1ccc2c(=O)c(-c3ccc4c(c3)OCCO4)c(C(=O)OCC)oc2c1. The summed E-state index contributed by atoms with van der Waals surface area (Å²) in [4.78, 5) is 37.7. The van der Waals surface area contributed by atoms with Gasteiger partial charge in [-0.1, -0.05) is 6.07 Å². The van der Waals surface area contributed by atoms with Crippen molar-refractivity contribution in [3.63, 3.8) is 0 Å². The summed E-state index contributed by atoms with van der Waals surface area (Å²) in [5.41, 5.74) is 0.178. The summed E-state index contributed by atoms with van der Waals surface area (Å²) in [5.74, 6) is -0.249. The maximum absolute atomic E-state index is 13.4. The molecule has 0 spiro atoms. The Kier molecular flexibility index (Phi) is 6.48. The van der Waals surface area contributed by atoms with Crippen molar-refractivity contribution in [2.45, 2.75) is 13.8 Å². The third-order valence-electron chi connectivity index (χ3n) is 4.82. The maximum atomic E-state index is 13.4. The number of ether oxygens (including phenoxy) is 5. The zero-order chi connectivity index (χ0) is 23.4. The lowest BCUT2D eigenvalue weighted by Gasteiger charge is -2.19. The molecule has 0 N–H and O–H groups in total. The fourth-order valence-electron chi connectivity index (χ4n) is 3.41. The average Bonchev–Trinajstić information content (AvgIpc) is 2.82. The molecule has 1 aliphatic rings. The van der Waals surface area contributed by atoms with E-state index in [4.69, 9.17) is 28.1 Å². The lowest BCUT2D eigenvalue weighted by Crippen LogP contribution is -2.17. The van der Waals surface area contributed by atoms with E-state index >= 15 is 0 Å². The fourth-order valence-corrected chi connectivity index (χ4v) is 3.41. The summed E-state index contributed by atoms with van der Waals surface area (Å²) in [6, 6.07) is 9.45. The molecule has 0 amide bonds. The Hall–Kier alpha value is -4.01. The standard InChI is InChI=1S/C24H22O9/c1-3-28-20(25)13-32-15-6-7-16-18(12-15)33-23(24(27)29-4-2)21(22(16)26)14-5-8-17-19(11-14)31-10-9-30-17/h5-8,11-12H,3-4,9-10,13H2,1-2H3. The Morgan fingerprint density at radius 2 is 1.70 bits per heavy atom. The summed E-state index contributed by atoms with van der Waals surface area (Å²) >= 11 is 0. The molecular weight excluding hydrogens is 432 g/mol.